The number of nitrogens with zero attached hydrogens (tertiary/aromatic N) is 1. The van der Waals surface area contributed by atoms with Gasteiger partial charge in [-0.15, -0.1) is 0 Å². The average Bonchev–Trinajstić information content (AvgIpc) is 3.10. The summed E-state index contributed by atoms with van der Waals surface area (Å²) in [6, 6.07) is 29.8. The minimum Gasteiger partial charge on any atom is -0.405 e. The molecule has 0 aliphatic carbocycles. The van der Waals surface area contributed by atoms with E-state index < -0.39 is 5.54 Å². The molecule has 1 aliphatic rings. The molecule has 0 saturated heterocycles. The van der Waals surface area contributed by atoms with Gasteiger partial charge in [-0.1, -0.05) is 84.9 Å². The largest absolute Gasteiger partial charge is 0.405 e. The zero-order valence-electron chi connectivity index (χ0n) is 16.4. The van der Waals surface area contributed by atoms with Crippen LogP contribution in [0.1, 0.15) is 30.0 Å². The minimum absolute atomic E-state index is 0.294. The molecular formula is C26H23NO2. The fourth-order valence-corrected chi connectivity index (χ4v) is 3.54. The lowest BCUT2D eigenvalue weighted by atomic mass is 9.87. The predicted molar refractivity (Wildman–Crippen MR) is 117 cm³/mol. The average molecular weight is 381 g/mol. The summed E-state index contributed by atoms with van der Waals surface area (Å²) < 4.78 is 5.66. The molecular weight excluding hydrogens is 358 g/mol. The van der Waals surface area contributed by atoms with Crippen LogP contribution in [0.5, 0.6) is 0 Å². The number of carbonyl (C=O) groups is 1. The van der Waals surface area contributed by atoms with E-state index in [0.29, 0.717) is 18.7 Å². The Kier molecular flexibility index (Phi) is 5.39. The Bertz CT molecular complexity index is 1040. The van der Waals surface area contributed by atoms with E-state index in [-0.39, 0.29) is 5.97 Å². The predicted octanol–water partition coefficient (Wildman–Crippen LogP) is 5.47. The van der Waals surface area contributed by atoms with Gasteiger partial charge in [0.1, 0.15) is 0 Å². The van der Waals surface area contributed by atoms with Crippen molar-refractivity contribution in [3.8, 4) is 0 Å². The lowest BCUT2D eigenvalue weighted by molar-refractivity contribution is -0.138. The first kappa shape index (κ1) is 18.9. The van der Waals surface area contributed by atoms with Gasteiger partial charge in [-0.25, -0.2) is 9.79 Å². The van der Waals surface area contributed by atoms with Crippen LogP contribution >= 0.6 is 0 Å². The summed E-state index contributed by atoms with van der Waals surface area (Å²) in [5.74, 6) is 0.106. The van der Waals surface area contributed by atoms with Crippen LogP contribution in [0.25, 0.3) is 5.57 Å². The van der Waals surface area contributed by atoms with E-state index in [4.69, 9.17) is 9.73 Å². The number of benzene rings is 3. The van der Waals surface area contributed by atoms with Gasteiger partial charge in [0, 0.05) is 18.4 Å². The first-order chi connectivity index (χ1) is 14.2. The van der Waals surface area contributed by atoms with Crippen molar-refractivity contribution >= 4 is 17.4 Å². The van der Waals surface area contributed by atoms with Gasteiger partial charge in [0.2, 0.25) is 5.90 Å². The Morgan fingerprint density at radius 2 is 1.48 bits per heavy atom. The highest BCUT2D eigenvalue weighted by Crippen LogP contribution is 2.32. The van der Waals surface area contributed by atoms with Crippen LogP contribution in [0, 0.1) is 0 Å². The Morgan fingerprint density at radius 1 is 0.897 bits per heavy atom. The second-order valence-corrected chi connectivity index (χ2v) is 7.32. The van der Waals surface area contributed by atoms with Crippen molar-refractivity contribution in [1.82, 2.24) is 0 Å². The number of cyclic esters (lactones) is 1. The standard InChI is InChI=1S/C26H23NO2/c1-20(22-13-7-3-8-14-22)17-18-26(19-21-11-5-2-6-12-21)25(28)29-24(27-26)23-15-9-4-10-16-23/h2-17H,18-19H2,1H3/b20-17+. The van der Waals surface area contributed by atoms with E-state index in [2.05, 4.69) is 25.1 Å². The van der Waals surface area contributed by atoms with Crippen LogP contribution in [-0.4, -0.2) is 17.4 Å². The first-order valence-corrected chi connectivity index (χ1v) is 9.80. The normalized spacial score (nSPS) is 19.0. The van der Waals surface area contributed by atoms with E-state index in [0.717, 1.165) is 22.3 Å². The number of allylic oxidation sites excluding steroid dienone is 1. The molecule has 0 amide bonds. The number of rotatable bonds is 6. The highest BCUT2D eigenvalue weighted by molar-refractivity contribution is 6.08. The van der Waals surface area contributed by atoms with Gasteiger partial charge in [0.05, 0.1) is 0 Å². The summed E-state index contributed by atoms with van der Waals surface area (Å²) in [5.41, 5.74) is 3.19. The molecule has 29 heavy (non-hydrogen) atoms. The Morgan fingerprint density at radius 3 is 2.14 bits per heavy atom. The number of hydrogen-bond donors (Lipinski definition) is 0. The molecule has 1 unspecified atom stereocenters. The van der Waals surface area contributed by atoms with Gasteiger partial charge in [-0.2, -0.15) is 0 Å². The summed E-state index contributed by atoms with van der Waals surface area (Å²) in [5, 5.41) is 0. The lowest BCUT2D eigenvalue weighted by Crippen LogP contribution is -2.36. The molecule has 1 aliphatic heterocycles. The monoisotopic (exact) mass is 381 g/mol. The zero-order valence-corrected chi connectivity index (χ0v) is 16.4. The number of carbonyl (C=O) groups excluding carboxylic acids is 1. The fourth-order valence-electron chi connectivity index (χ4n) is 3.54. The number of aliphatic imine (C=N–C) groups is 1. The van der Waals surface area contributed by atoms with E-state index in [1.807, 2.05) is 78.9 Å². The van der Waals surface area contributed by atoms with Gasteiger partial charge < -0.3 is 4.74 Å². The Labute approximate surface area is 171 Å². The zero-order chi connectivity index (χ0) is 20.1. The first-order valence-electron chi connectivity index (χ1n) is 9.80. The van der Waals surface area contributed by atoms with Crippen LogP contribution in [0.15, 0.2) is 102 Å². The maximum absolute atomic E-state index is 13.1. The molecule has 4 rings (SSSR count). The summed E-state index contributed by atoms with van der Waals surface area (Å²) in [4.78, 5) is 17.9. The molecule has 0 fully saturated rings. The van der Waals surface area contributed by atoms with Crippen molar-refractivity contribution in [2.75, 3.05) is 0 Å². The molecule has 3 aromatic rings. The van der Waals surface area contributed by atoms with Crippen molar-refractivity contribution in [3.05, 3.63) is 114 Å². The summed E-state index contributed by atoms with van der Waals surface area (Å²) in [6.45, 7) is 2.06. The topological polar surface area (TPSA) is 38.7 Å². The van der Waals surface area contributed by atoms with Gasteiger partial charge in [-0.05, 0) is 35.8 Å². The van der Waals surface area contributed by atoms with Crippen molar-refractivity contribution in [2.45, 2.75) is 25.3 Å². The smallest absolute Gasteiger partial charge is 0.341 e. The molecule has 0 saturated carbocycles. The van der Waals surface area contributed by atoms with Crippen molar-refractivity contribution in [3.63, 3.8) is 0 Å². The second kappa shape index (κ2) is 8.27. The third-order valence-corrected chi connectivity index (χ3v) is 5.22. The number of ether oxygens (including phenoxy) is 1. The molecule has 0 bridgehead atoms. The SMILES string of the molecule is C/C(=C\CC1(Cc2ccccc2)N=C(c2ccccc2)OC1=O)c1ccccc1. The molecule has 3 heteroatoms. The maximum atomic E-state index is 13.1. The quantitative estimate of drug-likeness (QED) is 0.532. The third kappa shape index (κ3) is 4.19. The van der Waals surface area contributed by atoms with Crippen LogP contribution in [-0.2, 0) is 16.0 Å². The fraction of sp³-hybridized carbons (Fsp3) is 0.154. The van der Waals surface area contributed by atoms with Gasteiger partial charge >= 0.3 is 5.97 Å². The molecule has 144 valence electrons. The highest BCUT2D eigenvalue weighted by atomic mass is 16.6. The molecule has 1 heterocycles. The minimum atomic E-state index is -0.956. The highest BCUT2D eigenvalue weighted by Gasteiger charge is 2.45. The van der Waals surface area contributed by atoms with Crippen molar-refractivity contribution in [2.24, 2.45) is 4.99 Å². The Balaban J connectivity index is 1.70. The second-order valence-electron chi connectivity index (χ2n) is 7.32. The van der Waals surface area contributed by atoms with Crippen molar-refractivity contribution < 1.29 is 9.53 Å². The van der Waals surface area contributed by atoms with E-state index in [1.165, 1.54) is 0 Å². The van der Waals surface area contributed by atoms with Crippen LogP contribution in [0.3, 0.4) is 0 Å². The Hall–Kier alpha value is -3.46. The van der Waals surface area contributed by atoms with Crippen LogP contribution in [0.4, 0.5) is 0 Å². The lowest BCUT2D eigenvalue weighted by Gasteiger charge is -2.21. The molecule has 0 spiro atoms. The summed E-state index contributed by atoms with van der Waals surface area (Å²) >= 11 is 0. The van der Waals surface area contributed by atoms with E-state index >= 15 is 0 Å². The summed E-state index contributed by atoms with van der Waals surface area (Å²) in [7, 11) is 0. The molecule has 0 aromatic heterocycles. The third-order valence-electron chi connectivity index (χ3n) is 5.22. The molecule has 0 N–H and O–H groups in total. The maximum Gasteiger partial charge on any atom is 0.341 e. The van der Waals surface area contributed by atoms with Crippen LogP contribution in [0.2, 0.25) is 0 Å². The van der Waals surface area contributed by atoms with E-state index in [1.54, 1.807) is 0 Å². The molecule has 3 nitrogen and oxygen atoms in total. The molecule has 3 aromatic carbocycles. The molecule has 0 radical (unpaired) electrons. The number of hydrogen-bond acceptors (Lipinski definition) is 3. The van der Waals surface area contributed by atoms with Crippen LogP contribution < -0.4 is 0 Å². The van der Waals surface area contributed by atoms with Gasteiger partial charge in [-0.3, -0.25) is 0 Å². The number of esters is 1. The van der Waals surface area contributed by atoms with E-state index in [9.17, 15) is 4.79 Å². The molecule has 1 atom stereocenters. The van der Waals surface area contributed by atoms with Gasteiger partial charge in [0.15, 0.2) is 5.54 Å². The summed E-state index contributed by atoms with van der Waals surface area (Å²) in [6.07, 6.45) is 3.08. The van der Waals surface area contributed by atoms with Gasteiger partial charge in [0.25, 0.3) is 0 Å². The van der Waals surface area contributed by atoms with Crippen molar-refractivity contribution in [1.29, 1.82) is 0 Å².